The number of unbranched alkanes of at least 4 members (excludes halogenated alkanes) is 1. The molecule has 1 amide bonds. The van der Waals surface area contributed by atoms with Gasteiger partial charge in [-0.3, -0.25) is 4.79 Å². The maximum absolute atomic E-state index is 13.6. The van der Waals surface area contributed by atoms with Gasteiger partial charge in [-0.2, -0.15) is 0 Å². The highest BCUT2D eigenvalue weighted by Crippen LogP contribution is 2.33. The molecule has 2 N–H and O–H groups in total. The van der Waals surface area contributed by atoms with E-state index >= 15 is 0 Å². The second kappa shape index (κ2) is 16.2. The number of hydrogen-bond donors (Lipinski definition) is 2. The van der Waals surface area contributed by atoms with Crippen molar-refractivity contribution in [2.24, 2.45) is 0 Å². The lowest BCUT2D eigenvalue weighted by Gasteiger charge is -2.30. The molecule has 0 aliphatic carbocycles. The van der Waals surface area contributed by atoms with Gasteiger partial charge >= 0.3 is 11.9 Å². The van der Waals surface area contributed by atoms with Crippen LogP contribution in [0.25, 0.3) is 5.57 Å². The lowest BCUT2D eigenvalue weighted by Crippen LogP contribution is -2.34. The van der Waals surface area contributed by atoms with Gasteiger partial charge in [-0.25, -0.2) is 18.4 Å². The van der Waals surface area contributed by atoms with Crippen LogP contribution in [0.5, 0.6) is 0 Å². The highest BCUT2D eigenvalue weighted by atomic mass is 32.1. The molecule has 1 aromatic heterocycles. The molecule has 3 aromatic rings. The summed E-state index contributed by atoms with van der Waals surface area (Å²) in [7, 11) is 0. The SMILES string of the molecule is Cc1cc2c(s1)CCCN(CCCCN1CCC(=C(c3ccc(F)cc3)c3ccc(F)cc3)CC1)C2=O.O=C(O)/C=C/C(=O)O. The molecule has 1 saturated heterocycles. The zero-order valence-electron chi connectivity index (χ0n) is 25.3. The van der Waals surface area contributed by atoms with Gasteiger partial charge in [0, 0.05) is 48.1 Å². The molecule has 0 unspecified atom stereocenters. The van der Waals surface area contributed by atoms with Crippen molar-refractivity contribution >= 4 is 34.8 Å². The van der Waals surface area contributed by atoms with Crippen molar-refractivity contribution in [3.05, 3.63) is 110 Å². The number of benzene rings is 2. The molecule has 0 bridgehead atoms. The van der Waals surface area contributed by atoms with Crippen LogP contribution in [0.1, 0.15) is 63.3 Å². The first-order valence-corrected chi connectivity index (χ1v) is 15.9. The first-order chi connectivity index (χ1) is 21.6. The summed E-state index contributed by atoms with van der Waals surface area (Å²) < 4.78 is 27.2. The Bertz CT molecular complexity index is 1470. The molecule has 0 spiro atoms. The van der Waals surface area contributed by atoms with Crippen molar-refractivity contribution in [1.82, 2.24) is 9.80 Å². The number of aliphatic carboxylic acids is 2. The number of carboxylic acids is 2. The summed E-state index contributed by atoms with van der Waals surface area (Å²) in [4.78, 5) is 39.1. The molecule has 0 saturated carbocycles. The fourth-order valence-electron chi connectivity index (χ4n) is 5.73. The molecule has 1 fully saturated rings. The number of thiophene rings is 1. The number of carboxylic acid groups (broad SMARTS) is 2. The predicted molar refractivity (Wildman–Crippen MR) is 171 cm³/mol. The van der Waals surface area contributed by atoms with Gasteiger partial charge < -0.3 is 20.0 Å². The number of halogens is 2. The van der Waals surface area contributed by atoms with Crippen molar-refractivity contribution in [3.8, 4) is 0 Å². The number of amides is 1. The van der Waals surface area contributed by atoms with Crippen LogP contribution in [0, 0.1) is 18.6 Å². The monoisotopic (exact) mass is 636 g/mol. The van der Waals surface area contributed by atoms with Gasteiger partial charge in [-0.15, -0.1) is 11.3 Å². The number of rotatable bonds is 9. The summed E-state index contributed by atoms with van der Waals surface area (Å²) in [5.41, 5.74) is 5.31. The van der Waals surface area contributed by atoms with E-state index in [9.17, 15) is 23.2 Å². The van der Waals surface area contributed by atoms with Crippen LogP contribution < -0.4 is 0 Å². The van der Waals surface area contributed by atoms with Crippen LogP contribution in [0.4, 0.5) is 8.78 Å². The minimum Gasteiger partial charge on any atom is -0.478 e. The van der Waals surface area contributed by atoms with E-state index in [2.05, 4.69) is 17.9 Å². The number of hydrogen-bond acceptors (Lipinski definition) is 5. The van der Waals surface area contributed by atoms with Crippen LogP contribution >= 0.6 is 11.3 Å². The second-order valence-corrected chi connectivity index (χ2v) is 12.5. The Balaban J connectivity index is 0.000000510. The summed E-state index contributed by atoms with van der Waals surface area (Å²) in [6.07, 6.45) is 7.14. The van der Waals surface area contributed by atoms with Gasteiger partial charge in [0.15, 0.2) is 0 Å². The summed E-state index contributed by atoms with van der Waals surface area (Å²) in [6.45, 7) is 6.74. The average Bonchev–Trinajstić information content (AvgIpc) is 3.33. The fourth-order valence-corrected chi connectivity index (χ4v) is 6.80. The largest absolute Gasteiger partial charge is 0.478 e. The van der Waals surface area contributed by atoms with Crippen molar-refractivity contribution in [2.75, 3.05) is 32.7 Å². The van der Waals surface area contributed by atoms with E-state index in [4.69, 9.17) is 10.2 Å². The third kappa shape index (κ3) is 9.92. The molecule has 2 aromatic carbocycles. The number of carbonyl (C=O) groups is 3. The Kier molecular flexibility index (Phi) is 12.2. The number of nitrogens with zero attached hydrogens (tertiary/aromatic N) is 2. The first-order valence-electron chi connectivity index (χ1n) is 15.1. The van der Waals surface area contributed by atoms with Crippen LogP contribution in [0.3, 0.4) is 0 Å². The normalized spacial score (nSPS) is 15.3. The van der Waals surface area contributed by atoms with Crippen LogP contribution in [-0.2, 0) is 16.0 Å². The van der Waals surface area contributed by atoms with Gasteiger partial charge in [0.05, 0.1) is 5.56 Å². The molecular weight excluding hydrogens is 598 g/mol. The van der Waals surface area contributed by atoms with Crippen molar-refractivity contribution in [3.63, 3.8) is 0 Å². The third-order valence-corrected chi connectivity index (χ3v) is 8.99. The van der Waals surface area contributed by atoms with E-state index in [1.165, 1.54) is 39.6 Å². The molecule has 0 atom stereocenters. The number of likely N-dealkylation sites (tertiary alicyclic amines) is 1. The number of fused-ring (bicyclic) bond motifs is 1. The second-order valence-electron chi connectivity index (χ2n) is 11.1. The number of aryl methyl sites for hydroxylation is 2. The summed E-state index contributed by atoms with van der Waals surface area (Å²) >= 11 is 1.77. The van der Waals surface area contributed by atoms with Crippen molar-refractivity contribution in [2.45, 2.75) is 45.4 Å². The smallest absolute Gasteiger partial charge is 0.328 e. The molecule has 2 aliphatic rings. The zero-order valence-corrected chi connectivity index (χ0v) is 26.1. The third-order valence-electron chi connectivity index (χ3n) is 7.88. The van der Waals surface area contributed by atoms with Crippen molar-refractivity contribution < 1.29 is 33.4 Å². The van der Waals surface area contributed by atoms with Gasteiger partial charge in [0.2, 0.25) is 0 Å². The molecule has 238 valence electrons. The Morgan fingerprint density at radius 1 is 0.822 bits per heavy atom. The quantitative estimate of drug-likeness (QED) is 0.198. The van der Waals surface area contributed by atoms with Gasteiger partial charge in [0.25, 0.3) is 5.91 Å². The van der Waals surface area contributed by atoms with Crippen LogP contribution in [0.15, 0.2) is 72.3 Å². The Hall–Kier alpha value is -4.15. The minimum absolute atomic E-state index is 0.207. The van der Waals surface area contributed by atoms with E-state index in [-0.39, 0.29) is 17.5 Å². The lowest BCUT2D eigenvalue weighted by molar-refractivity contribution is -0.134. The molecule has 45 heavy (non-hydrogen) atoms. The topological polar surface area (TPSA) is 98.2 Å². The van der Waals surface area contributed by atoms with E-state index in [1.807, 2.05) is 29.2 Å². The maximum Gasteiger partial charge on any atom is 0.328 e. The summed E-state index contributed by atoms with van der Waals surface area (Å²) in [6, 6.07) is 15.3. The number of carbonyl (C=O) groups excluding carboxylic acids is 1. The highest BCUT2D eigenvalue weighted by Gasteiger charge is 2.24. The van der Waals surface area contributed by atoms with Gasteiger partial charge in [0.1, 0.15) is 11.6 Å². The zero-order chi connectivity index (χ0) is 32.3. The molecule has 2 aliphatic heterocycles. The predicted octanol–water partition coefficient (Wildman–Crippen LogP) is 6.81. The van der Waals surface area contributed by atoms with Crippen LogP contribution in [0.2, 0.25) is 0 Å². The average molecular weight is 637 g/mol. The first kappa shape index (κ1) is 33.7. The molecule has 3 heterocycles. The van der Waals surface area contributed by atoms with Gasteiger partial charge in [-0.1, -0.05) is 29.8 Å². The van der Waals surface area contributed by atoms with E-state index in [0.717, 1.165) is 93.5 Å². The summed E-state index contributed by atoms with van der Waals surface area (Å²) in [5, 5.41) is 15.6. The number of piperidine rings is 1. The van der Waals surface area contributed by atoms with E-state index in [1.54, 1.807) is 11.3 Å². The highest BCUT2D eigenvalue weighted by molar-refractivity contribution is 7.12. The Morgan fingerprint density at radius 2 is 1.36 bits per heavy atom. The lowest BCUT2D eigenvalue weighted by atomic mass is 9.88. The van der Waals surface area contributed by atoms with E-state index in [0.29, 0.717) is 12.2 Å². The molecule has 7 nitrogen and oxygen atoms in total. The van der Waals surface area contributed by atoms with Crippen molar-refractivity contribution in [1.29, 1.82) is 0 Å². The van der Waals surface area contributed by atoms with E-state index < -0.39 is 11.9 Å². The maximum atomic E-state index is 13.6. The Morgan fingerprint density at radius 3 is 1.89 bits per heavy atom. The molecule has 10 heteroatoms. The molecule has 5 rings (SSSR count). The fraction of sp³-hybridized carbons (Fsp3) is 0.343. The summed E-state index contributed by atoms with van der Waals surface area (Å²) in [5.74, 6) is -2.82. The van der Waals surface area contributed by atoms with Crippen LogP contribution in [-0.4, -0.2) is 70.6 Å². The standard InChI is InChI=1S/C31H34F2N2OS.C4H4O4/c1-22-21-28-29(37-22)5-4-18-35(31(28)36)17-3-2-16-34-19-14-25(15-20-34)30(23-6-10-26(32)11-7-23)24-8-12-27(33)13-9-24;5-3(6)1-2-4(7)8/h6-13,21H,2-5,14-20H2,1H3;1-2H,(H,5,6)(H,7,8)/b;2-1+. The molecular formula is C35H38F2N2O5S. The Labute approximate surface area is 266 Å². The minimum atomic E-state index is -1.26. The van der Waals surface area contributed by atoms with Gasteiger partial charge in [-0.05, 0) is 99.0 Å². The molecule has 0 radical (unpaired) electrons.